The number of rotatable bonds is 4. The summed E-state index contributed by atoms with van der Waals surface area (Å²) in [4.78, 5) is 0.506. The Balaban J connectivity index is 2.89. The molecule has 0 fully saturated rings. The highest BCUT2D eigenvalue weighted by molar-refractivity contribution is 7.85. The molecule has 0 aromatic heterocycles. The van der Waals surface area contributed by atoms with Gasteiger partial charge in [0.15, 0.2) is 0 Å². The maximum Gasteiger partial charge on any atom is 0.0804 e. The lowest BCUT2D eigenvalue weighted by atomic mass is 10.3. The number of methoxy groups -OCH3 is 1. The average molecular weight is 234 g/mol. The Labute approximate surface area is 90.7 Å². The first-order chi connectivity index (χ1) is 6.66. The monoisotopic (exact) mass is 233 g/mol. The summed E-state index contributed by atoms with van der Waals surface area (Å²) in [5.41, 5.74) is 6.14. The third kappa shape index (κ3) is 2.70. The van der Waals surface area contributed by atoms with Crippen LogP contribution in [0.3, 0.4) is 0 Å². The summed E-state index contributed by atoms with van der Waals surface area (Å²) in [5, 5.41) is 0.444. The molecule has 0 aliphatic carbocycles. The fourth-order valence-corrected chi connectivity index (χ4v) is 2.61. The van der Waals surface area contributed by atoms with Gasteiger partial charge in [-0.25, -0.2) is 0 Å². The second kappa shape index (κ2) is 5.34. The number of hydrogen-bond donors (Lipinski definition) is 1. The lowest BCUT2D eigenvalue weighted by Gasteiger charge is -2.06. The summed E-state index contributed by atoms with van der Waals surface area (Å²) >= 11 is 5.89. The molecular weight excluding hydrogens is 222 g/mol. The van der Waals surface area contributed by atoms with Gasteiger partial charge >= 0.3 is 0 Å². The minimum Gasteiger partial charge on any atom is -0.398 e. The molecule has 0 heterocycles. The van der Waals surface area contributed by atoms with Gasteiger partial charge in [-0.1, -0.05) is 17.7 Å². The smallest absolute Gasteiger partial charge is 0.0804 e. The number of hydrogen-bond acceptors (Lipinski definition) is 3. The molecule has 0 aliphatic rings. The zero-order chi connectivity index (χ0) is 10.6. The van der Waals surface area contributed by atoms with E-state index in [1.54, 1.807) is 25.3 Å². The molecule has 0 aliphatic heterocycles. The minimum absolute atomic E-state index is 0.407. The van der Waals surface area contributed by atoms with E-state index in [9.17, 15) is 4.21 Å². The van der Waals surface area contributed by atoms with Crippen molar-refractivity contribution in [3.05, 3.63) is 23.2 Å². The quantitative estimate of drug-likeness (QED) is 0.805. The maximum absolute atomic E-state index is 11.7. The highest BCUT2D eigenvalue weighted by atomic mass is 35.5. The zero-order valence-electron chi connectivity index (χ0n) is 7.83. The molecule has 1 atom stereocenters. The van der Waals surface area contributed by atoms with Crippen molar-refractivity contribution >= 4 is 28.1 Å². The van der Waals surface area contributed by atoms with Crippen molar-refractivity contribution in [1.29, 1.82) is 0 Å². The van der Waals surface area contributed by atoms with Crippen LogP contribution in [0, 0.1) is 0 Å². The average Bonchev–Trinajstić information content (AvgIpc) is 2.14. The molecule has 1 aromatic rings. The largest absolute Gasteiger partial charge is 0.398 e. The van der Waals surface area contributed by atoms with Crippen molar-refractivity contribution in [3.63, 3.8) is 0 Å². The first-order valence-corrected chi connectivity index (χ1v) is 5.77. The van der Waals surface area contributed by atoms with E-state index >= 15 is 0 Å². The molecule has 0 saturated heterocycles. The molecule has 0 radical (unpaired) electrons. The van der Waals surface area contributed by atoms with Crippen molar-refractivity contribution in [3.8, 4) is 0 Å². The first-order valence-electron chi connectivity index (χ1n) is 4.08. The van der Waals surface area contributed by atoms with Crippen molar-refractivity contribution in [2.75, 3.05) is 25.2 Å². The molecule has 78 valence electrons. The van der Waals surface area contributed by atoms with Crippen molar-refractivity contribution in [2.45, 2.75) is 4.90 Å². The Morgan fingerprint density at radius 3 is 2.86 bits per heavy atom. The van der Waals surface area contributed by atoms with E-state index in [1.807, 2.05) is 0 Å². The molecular formula is C9H12ClNO2S. The summed E-state index contributed by atoms with van der Waals surface area (Å²) in [6.07, 6.45) is 0. The van der Waals surface area contributed by atoms with Crippen LogP contribution in [0.4, 0.5) is 5.69 Å². The second-order valence-electron chi connectivity index (χ2n) is 2.70. The van der Waals surface area contributed by atoms with Crippen molar-refractivity contribution in [2.24, 2.45) is 0 Å². The van der Waals surface area contributed by atoms with Crippen LogP contribution in [0.25, 0.3) is 0 Å². The fourth-order valence-electron chi connectivity index (χ4n) is 1.03. The summed E-state index contributed by atoms with van der Waals surface area (Å²) in [6.45, 7) is 0.428. The van der Waals surface area contributed by atoms with Gasteiger partial charge in [-0.15, -0.1) is 0 Å². The van der Waals surface area contributed by atoms with E-state index in [1.165, 1.54) is 0 Å². The highest BCUT2D eigenvalue weighted by Gasteiger charge is 2.11. The predicted molar refractivity (Wildman–Crippen MR) is 59.0 cm³/mol. The SMILES string of the molecule is COCCS(=O)c1c(N)cccc1Cl. The van der Waals surface area contributed by atoms with Crippen LogP contribution >= 0.6 is 11.6 Å². The molecule has 1 rings (SSSR count). The Bertz CT molecular complexity index is 323. The van der Waals surface area contributed by atoms with E-state index in [4.69, 9.17) is 22.1 Å². The Kier molecular flexibility index (Phi) is 4.38. The van der Waals surface area contributed by atoms with Crippen LogP contribution in [-0.4, -0.2) is 23.7 Å². The van der Waals surface area contributed by atoms with Gasteiger partial charge in [0, 0.05) is 12.8 Å². The lowest BCUT2D eigenvalue weighted by molar-refractivity contribution is 0.218. The maximum atomic E-state index is 11.7. The van der Waals surface area contributed by atoms with Crippen molar-refractivity contribution < 1.29 is 8.95 Å². The number of halogens is 1. The summed E-state index contributed by atoms with van der Waals surface area (Å²) in [5.74, 6) is 0.407. The van der Waals surface area contributed by atoms with E-state index in [0.717, 1.165) is 0 Å². The van der Waals surface area contributed by atoms with Gasteiger partial charge in [-0.05, 0) is 12.1 Å². The molecule has 5 heteroatoms. The molecule has 2 N–H and O–H groups in total. The zero-order valence-corrected chi connectivity index (χ0v) is 9.40. The van der Waals surface area contributed by atoms with Gasteiger partial charge < -0.3 is 10.5 Å². The van der Waals surface area contributed by atoms with Crippen LogP contribution in [0.15, 0.2) is 23.1 Å². The van der Waals surface area contributed by atoms with Crippen LogP contribution in [0.1, 0.15) is 0 Å². The number of anilines is 1. The summed E-state index contributed by atoms with van der Waals surface area (Å²) in [7, 11) is 0.374. The predicted octanol–water partition coefficient (Wildman–Crippen LogP) is 1.68. The lowest BCUT2D eigenvalue weighted by Crippen LogP contribution is -2.07. The second-order valence-corrected chi connectivity index (χ2v) is 4.62. The Morgan fingerprint density at radius 1 is 1.57 bits per heavy atom. The Morgan fingerprint density at radius 2 is 2.29 bits per heavy atom. The Hall–Kier alpha value is -0.580. The molecule has 3 nitrogen and oxygen atoms in total. The summed E-state index contributed by atoms with van der Waals surface area (Å²) < 4.78 is 16.5. The third-order valence-electron chi connectivity index (χ3n) is 1.70. The van der Waals surface area contributed by atoms with Crippen molar-refractivity contribution in [1.82, 2.24) is 0 Å². The van der Waals surface area contributed by atoms with Crippen LogP contribution in [-0.2, 0) is 15.5 Å². The first kappa shape index (κ1) is 11.5. The molecule has 0 bridgehead atoms. The minimum atomic E-state index is -1.19. The number of benzene rings is 1. The standard InChI is InChI=1S/C9H12ClNO2S/c1-13-5-6-14(12)9-7(10)3-2-4-8(9)11/h2-4H,5-6,11H2,1H3. The number of nitrogens with two attached hydrogens (primary N) is 1. The van der Waals surface area contributed by atoms with Gasteiger partial charge in [0.25, 0.3) is 0 Å². The van der Waals surface area contributed by atoms with E-state index in [2.05, 4.69) is 0 Å². The molecule has 0 spiro atoms. The number of ether oxygens (including phenoxy) is 1. The van der Waals surface area contributed by atoms with E-state index in [-0.39, 0.29) is 0 Å². The van der Waals surface area contributed by atoms with Crippen LogP contribution in [0.2, 0.25) is 5.02 Å². The third-order valence-corrected chi connectivity index (χ3v) is 3.57. The van der Waals surface area contributed by atoms with E-state index < -0.39 is 10.8 Å². The number of nitrogen functional groups attached to an aromatic ring is 1. The molecule has 1 aromatic carbocycles. The van der Waals surface area contributed by atoms with Crippen LogP contribution < -0.4 is 5.73 Å². The van der Waals surface area contributed by atoms with Gasteiger partial charge in [0.05, 0.1) is 33.1 Å². The van der Waals surface area contributed by atoms with Crippen LogP contribution in [0.5, 0.6) is 0 Å². The van der Waals surface area contributed by atoms with Gasteiger partial charge in [-0.3, -0.25) is 4.21 Å². The topological polar surface area (TPSA) is 52.3 Å². The van der Waals surface area contributed by atoms with Gasteiger partial charge in [0.1, 0.15) is 0 Å². The molecule has 0 amide bonds. The molecule has 1 unspecified atom stereocenters. The highest BCUT2D eigenvalue weighted by Crippen LogP contribution is 2.25. The van der Waals surface area contributed by atoms with Gasteiger partial charge in [-0.2, -0.15) is 0 Å². The van der Waals surface area contributed by atoms with Gasteiger partial charge in [0.2, 0.25) is 0 Å². The molecule has 14 heavy (non-hydrogen) atoms. The summed E-state index contributed by atoms with van der Waals surface area (Å²) in [6, 6.07) is 5.10. The normalized spacial score (nSPS) is 12.7. The fraction of sp³-hybridized carbons (Fsp3) is 0.333. The van der Waals surface area contributed by atoms with E-state index in [0.29, 0.717) is 28.0 Å². The molecule has 0 saturated carbocycles.